The number of nitrogens with zero attached hydrogens (tertiary/aromatic N) is 2. The van der Waals surface area contributed by atoms with Crippen LogP contribution >= 0.6 is 23.2 Å². The molecule has 0 amide bonds. The Bertz CT molecular complexity index is 599. The van der Waals surface area contributed by atoms with Gasteiger partial charge in [0.1, 0.15) is 10.3 Å². The molecule has 2 nitrogen and oxygen atoms in total. The van der Waals surface area contributed by atoms with E-state index in [-0.39, 0.29) is 0 Å². The fourth-order valence-electron chi connectivity index (χ4n) is 2.96. The van der Waals surface area contributed by atoms with E-state index in [1.807, 2.05) is 12.1 Å². The van der Waals surface area contributed by atoms with Crippen LogP contribution in [0.1, 0.15) is 62.0 Å². The second-order valence-corrected chi connectivity index (χ2v) is 7.06. The summed E-state index contributed by atoms with van der Waals surface area (Å²) in [4.78, 5) is 8.88. The minimum atomic E-state index is 0.608. The summed E-state index contributed by atoms with van der Waals surface area (Å²) in [7, 11) is 0. The quantitative estimate of drug-likeness (QED) is 0.387. The standard InChI is InChI=1S/C20H26Cl2N2/c1-3-7-15-11-17(23-19(21)13-15)9-5-6-10-18-12-16(8-4-2)14-20(22)24-18/h11-14H,3-10H2,1-2H3. The molecule has 2 rings (SSSR count). The molecule has 0 spiro atoms. The average molecular weight is 365 g/mol. The predicted octanol–water partition coefficient (Wildman–Crippen LogP) is 6.25. The van der Waals surface area contributed by atoms with Gasteiger partial charge in [-0.25, -0.2) is 9.97 Å². The largest absolute Gasteiger partial charge is 0.241 e. The Morgan fingerprint density at radius 1 is 0.667 bits per heavy atom. The first-order chi connectivity index (χ1) is 11.6. The van der Waals surface area contributed by atoms with Gasteiger partial charge in [0.2, 0.25) is 0 Å². The highest BCUT2D eigenvalue weighted by molar-refractivity contribution is 6.29. The first kappa shape index (κ1) is 19.2. The number of aromatic nitrogens is 2. The van der Waals surface area contributed by atoms with Crippen molar-refractivity contribution in [2.75, 3.05) is 0 Å². The average Bonchev–Trinajstić information content (AvgIpc) is 2.51. The molecule has 4 heteroatoms. The third kappa shape index (κ3) is 6.41. The van der Waals surface area contributed by atoms with E-state index < -0.39 is 0 Å². The third-order valence-corrected chi connectivity index (χ3v) is 4.39. The Kier molecular flexibility index (Phi) is 8.01. The van der Waals surface area contributed by atoms with E-state index in [2.05, 4.69) is 35.9 Å². The lowest BCUT2D eigenvalue weighted by atomic mass is 10.1. The summed E-state index contributed by atoms with van der Waals surface area (Å²) in [6.07, 6.45) is 8.44. The van der Waals surface area contributed by atoms with Crippen LogP contribution in [0, 0.1) is 0 Å². The molecule has 0 bridgehead atoms. The summed E-state index contributed by atoms with van der Waals surface area (Å²) in [5.41, 5.74) is 4.76. The third-order valence-electron chi connectivity index (χ3n) is 4.01. The van der Waals surface area contributed by atoms with E-state index in [9.17, 15) is 0 Å². The molecular formula is C20H26Cl2N2. The van der Waals surface area contributed by atoms with Gasteiger partial charge < -0.3 is 0 Å². The Morgan fingerprint density at radius 2 is 1.08 bits per heavy atom. The van der Waals surface area contributed by atoms with Gasteiger partial charge in [-0.2, -0.15) is 0 Å². The van der Waals surface area contributed by atoms with Crippen LogP contribution in [0.25, 0.3) is 0 Å². The first-order valence-electron chi connectivity index (χ1n) is 8.91. The zero-order chi connectivity index (χ0) is 17.4. The summed E-state index contributed by atoms with van der Waals surface area (Å²) in [5, 5.41) is 1.22. The molecular weight excluding hydrogens is 339 g/mol. The Hall–Kier alpha value is -1.12. The minimum absolute atomic E-state index is 0.608. The van der Waals surface area contributed by atoms with Crippen LogP contribution in [0.4, 0.5) is 0 Å². The van der Waals surface area contributed by atoms with Gasteiger partial charge in [0.15, 0.2) is 0 Å². The summed E-state index contributed by atoms with van der Waals surface area (Å²) in [6, 6.07) is 8.32. The highest BCUT2D eigenvalue weighted by Crippen LogP contribution is 2.17. The fourth-order valence-corrected chi connectivity index (χ4v) is 3.45. The van der Waals surface area contributed by atoms with E-state index in [4.69, 9.17) is 23.2 Å². The lowest BCUT2D eigenvalue weighted by Crippen LogP contribution is -1.97. The smallest absolute Gasteiger partial charge is 0.129 e. The van der Waals surface area contributed by atoms with Crippen LogP contribution in [0.15, 0.2) is 24.3 Å². The molecule has 0 aliphatic carbocycles. The van der Waals surface area contributed by atoms with E-state index in [0.29, 0.717) is 10.3 Å². The van der Waals surface area contributed by atoms with E-state index in [1.54, 1.807) is 0 Å². The van der Waals surface area contributed by atoms with E-state index >= 15 is 0 Å². The zero-order valence-electron chi connectivity index (χ0n) is 14.6. The highest BCUT2D eigenvalue weighted by Gasteiger charge is 2.04. The number of hydrogen-bond acceptors (Lipinski definition) is 2. The minimum Gasteiger partial charge on any atom is -0.241 e. The molecule has 24 heavy (non-hydrogen) atoms. The lowest BCUT2D eigenvalue weighted by Gasteiger charge is -2.07. The topological polar surface area (TPSA) is 25.8 Å². The van der Waals surface area contributed by atoms with Crippen molar-refractivity contribution in [3.05, 3.63) is 57.1 Å². The Balaban J connectivity index is 1.87. The van der Waals surface area contributed by atoms with Crippen molar-refractivity contribution in [2.24, 2.45) is 0 Å². The highest BCUT2D eigenvalue weighted by atomic mass is 35.5. The first-order valence-corrected chi connectivity index (χ1v) is 9.67. The van der Waals surface area contributed by atoms with Gasteiger partial charge in [-0.1, -0.05) is 49.9 Å². The monoisotopic (exact) mass is 364 g/mol. The molecule has 2 aromatic rings. The summed E-state index contributed by atoms with van der Waals surface area (Å²) < 4.78 is 0. The molecule has 0 saturated heterocycles. The molecule has 0 unspecified atom stereocenters. The number of unbranched alkanes of at least 4 members (excludes halogenated alkanes) is 1. The molecule has 0 radical (unpaired) electrons. The van der Waals surface area contributed by atoms with Crippen LogP contribution in [-0.4, -0.2) is 9.97 Å². The zero-order valence-corrected chi connectivity index (χ0v) is 16.1. The molecule has 0 aliphatic rings. The summed E-state index contributed by atoms with van der Waals surface area (Å²) in [6.45, 7) is 4.36. The fraction of sp³-hybridized carbons (Fsp3) is 0.500. The van der Waals surface area contributed by atoms with Crippen molar-refractivity contribution in [1.82, 2.24) is 9.97 Å². The van der Waals surface area contributed by atoms with Crippen LogP contribution in [-0.2, 0) is 25.7 Å². The maximum Gasteiger partial charge on any atom is 0.129 e. The molecule has 0 aromatic carbocycles. The molecule has 2 aromatic heterocycles. The summed E-state index contributed by atoms with van der Waals surface area (Å²) in [5.74, 6) is 0. The van der Waals surface area contributed by atoms with Crippen LogP contribution in [0.3, 0.4) is 0 Å². The van der Waals surface area contributed by atoms with Gasteiger partial charge in [0.05, 0.1) is 0 Å². The maximum absolute atomic E-state index is 6.12. The number of halogens is 2. The maximum atomic E-state index is 6.12. The number of hydrogen-bond donors (Lipinski definition) is 0. The Morgan fingerprint density at radius 3 is 1.46 bits per heavy atom. The lowest BCUT2D eigenvalue weighted by molar-refractivity contribution is 0.710. The molecule has 0 N–H and O–H groups in total. The van der Waals surface area contributed by atoms with Crippen LogP contribution < -0.4 is 0 Å². The molecule has 0 fully saturated rings. The SMILES string of the molecule is CCCc1cc(Cl)nc(CCCCc2cc(CCC)cc(Cl)n2)c1. The molecule has 0 aliphatic heterocycles. The van der Waals surface area contributed by atoms with Crippen molar-refractivity contribution >= 4 is 23.2 Å². The van der Waals surface area contributed by atoms with Crippen molar-refractivity contribution in [2.45, 2.75) is 65.2 Å². The van der Waals surface area contributed by atoms with Crippen molar-refractivity contribution in [3.8, 4) is 0 Å². The van der Waals surface area contributed by atoms with Gasteiger partial charge in [0, 0.05) is 11.4 Å². The molecule has 130 valence electrons. The van der Waals surface area contributed by atoms with Crippen molar-refractivity contribution in [3.63, 3.8) is 0 Å². The number of pyridine rings is 2. The summed E-state index contributed by atoms with van der Waals surface area (Å²) >= 11 is 12.2. The van der Waals surface area contributed by atoms with E-state index in [1.165, 1.54) is 11.1 Å². The van der Waals surface area contributed by atoms with Crippen LogP contribution in [0.2, 0.25) is 10.3 Å². The van der Waals surface area contributed by atoms with Gasteiger partial charge >= 0.3 is 0 Å². The van der Waals surface area contributed by atoms with Crippen molar-refractivity contribution < 1.29 is 0 Å². The Labute approximate surface area is 155 Å². The second-order valence-electron chi connectivity index (χ2n) is 6.29. The van der Waals surface area contributed by atoms with Gasteiger partial charge in [-0.15, -0.1) is 0 Å². The molecule has 0 saturated carbocycles. The van der Waals surface area contributed by atoms with Gasteiger partial charge in [0.25, 0.3) is 0 Å². The van der Waals surface area contributed by atoms with Crippen molar-refractivity contribution in [1.29, 1.82) is 0 Å². The predicted molar refractivity (Wildman–Crippen MR) is 103 cm³/mol. The molecule has 2 heterocycles. The van der Waals surface area contributed by atoms with Gasteiger partial charge in [-0.3, -0.25) is 0 Å². The van der Waals surface area contributed by atoms with Gasteiger partial charge in [-0.05, 0) is 73.9 Å². The van der Waals surface area contributed by atoms with E-state index in [0.717, 1.165) is 62.8 Å². The number of aryl methyl sites for hydroxylation is 4. The van der Waals surface area contributed by atoms with Crippen LogP contribution in [0.5, 0.6) is 0 Å². The molecule has 0 atom stereocenters. The number of rotatable bonds is 9. The normalized spacial score (nSPS) is 11.0. The second kappa shape index (κ2) is 10.0.